The molecule has 1 heterocycles. The van der Waals surface area contributed by atoms with Crippen LogP contribution in [-0.4, -0.2) is 27.1 Å². The molecule has 2 aromatic rings. The second kappa shape index (κ2) is 6.76. The molecule has 0 radical (unpaired) electrons. The highest BCUT2D eigenvalue weighted by Gasteiger charge is 2.07. The van der Waals surface area contributed by atoms with Crippen LogP contribution >= 0.6 is 11.8 Å². The lowest BCUT2D eigenvalue weighted by Crippen LogP contribution is -2.06. The zero-order chi connectivity index (χ0) is 14.5. The molecule has 5 nitrogen and oxygen atoms in total. The SMILES string of the molecule is Cc1ccc(C)c(OCCSc2nnc(CN)n2C)c1. The Kier molecular flexibility index (Phi) is 5.03. The van der Waals surface area contributed by atoms with E-state index in [0.29, 0.717) is 13.2 Å². The molecule has 0 fully saturated rings. The largest absolute Gasteiger partial charge is 0.492 e. The standard InChI is InChI=1S/C14H20N4OS/c1-10-4-5-11(2)12(8-10)19-6-7-20-14-17-16-13(9-15)18(14)3/h4-5,8H,6-7,9,15H2,1-3H3. The summed E-state index contributed by atoms with van der Waals surface area (Å²) in [6.45, 7) is 5.16. The van der Waals surface area contributed by atoms with Gasteiger partial charge in [0.15, 0.2) is 5.16 Å². The summed E-state index contributed by atoms with van der Waals surface area (Å²) >= 11 is 1.62. The minimum Gasteiger partial charge on any atom is -0.492 e. The van der Waals surface area contributed by atoms with Crippen LogP contribution in [0.3, 0.4) is 0 Å². The van der Waals surface area contributed by atoms with Crippen molar-refractivity contribution in [2.75, 3.05) is 12.4 Å². The Morgan fingerprint density at radius 1 is 1.30 bits per heavy atom. The van der Waals surface area contributed by atoms with Gasteiger partial charge in [0.25, 0.3) is 0 Å². The molecule has 0 saturated heterocycles. The highest BCUT2D eigenvalue weighted by Crippen LogP contribution is 2.20. The molecule has 0 amide bonds. The van der Waals surface area contributed by atoms with Gasteiger partial charge in [-0.1, -0.05) is 23.9 Å². The number of rotatable bonds is 6. The molecule has 6 heteroatoms. The predicted octanol–water partition coefficient (Wildman–Crippen LogP) is 2.06. The molecule has 0 aliphatic rings. The maximum absolute atomic E-state index is 5.81. The number of nitrogens with two attached hydrogens (primary N) is 1. The smallest absolute Gasteiger partial charge is 0.191 e. The zero-order valence-electron chi connectivity index (χ0n) is 12.1. The van der Waals surface area contributed by atoms with Gasteiger partial charge in [-0.15, -0.1) is 10.2 Å². The van der Waals surface area contributed by atoms with Crippen molar-refractivity contribution in [3.05, 3.63) is 35.2 Å². The molecular formula is C14H20N4OS. The lowest BCUT2D eigenvalue weighted by Gasteiger charge is -2.09. The van der Waals surface area contributed by atoms with Crippen LogP contribution in [-0.2, 0) is 13.6 Å². The predicted molar refractivity (Wildman–Crippen MR) is 81.0 cm³/mol. The lowest BCUT2D eigenvalue weighted by molar-refractivity contribution is 0.341. The highest BCUT2D eigenvalue weighted by molar-refractivity contribution is 7.99. The molecule has 2 N–H and O–H groups in total. The van der Waals surface area contributed by atoms with Crippen LogP contribution in [0.1, 0.15) is 17.0 Å². The van der Waals surface area contributed by atoms with Gasteiger partial charge in [0, 0.05) is 12.8 Å². The van der Waals surface area contributed by atoms with Gasteiger partial charge in [-0.05, 0) is 31.0 Å². The fourth-order valence-corrected chi connectivity index (χ4v) is 2.54. The number of hydrogen-bond acceptors (Lipinski definition) is 5. The van der Waals surface area contributed by atoms with Crippen molar-refractivity contribution >= 4 is 11.8 Å². The van der Waals surface area contributed by atoms with E-state index in [1.54, 1.807) is 11.8 Å². The molecule has 108 valence electrons. The Bertz CT molecular complexity index is 583. The topological polar surface area (TPSA) is 66.0 Å². The fraction of sp³-hybridized carbons (Fsp3) is 0.429. The summed E-state index contributed by atoms with van der Waals surface area (Å²) < 4.78 is 7.73. The second-order valence-corrected chi connectivity index (χ2v) is 5.69. The molecule has 0 spiro atoms. The van der Waals surface area contributed by atoms with Crippen molar-refractivity contribution in [1.82, 2.24) is 14.8 Å². The van der Waals surface area contributed by atoms with E-state index in [1.165, 1.54) is 5.56 Å². The molecule has 1 aromatic heterocycles. The van der Waals surface area contributed by atoms with E-state index in [0.717, 1.165) is 28.0 Å². The van der Waals surface area contributed by atoms with Crippen LogP contribution in [0.4, 0.5) is 0 Å². The third-order valence-corrected chi connectivity index (χ3v) is 4.01. The van der Waals surface area contributed by atoms with Gasteiger partial charge in [0.1, 0.15) is 11.6 Å². The van der Waals surface area contributed by atoms with Crippen LogP contribution in [0, 0.1) is 13.8 Å². The normalized spacial score (nSPS) is 10.8. The maximum Gasteiger partial charge on any atom is 0.191 e. The summed E-state index contributed by atoms with van der Waals surface area (Å²) in [7, 11) is 1.93. The van der Waals surface area contributed by atoms with Crippen molar-refractivity contribution < 1.29 is 4.74 Å². The van der Waals surface area contributed by atoms with Crippen molar-refractivity contribution in [2.24, 2.45) is 12.8 Å². The Morgan fingerprint density at radius 3 is 2.80 bits per heavy atom. The summed E-state index contributed by atoms with van der Waals surface area (Å²) in [5.41, 5.74) is 7.93. The quantitative estimate of drug-likeness (QED) is 0.652. The van der Waals surface area contributed by atoms with Crippen LogP contribution in [0.5, 0.6) is 5.75 Å². The molecule has 1 aromatic carbocycles. The number of ether oxygens (including phenoxy) is 1. The summed E-state index contributed by atoms with van der Waals surface area (Å²) in [6.07, 6.45) is 0. The maximum atomic E-state index is 5.81. The second-order valence-electron chi connectivity index (χ2n) is 4.63. The van der Waals surface area contributed by atoms with Gasteiger partial charge in [-0.25, -0.2) is 0 Å². The van der Waals surface area contributed by atoms with E-state index in [9.17, 15) is 0 Å². The third kappa shape index (κ3) is 3.52. The Morgan fingerprint density at radius 2 is 2.10 bits per heavy atom. The molecule has 0 unspecified atom stereocenters. The molecule has 0 bridgehead atoms. The number of aryl methyl sites for hydroxylation is 2. The molecule has 0 aliphatic carbocycles. The van der Waals surface area contributed by atoms with E-state index in [2.05, 4.69) is 42.2 Å². The molecule has 0 atom stereocenters. The minimum atomic E-state index is 0.406. The first-order valence-electron chi connectivity index (χ1n) is 6.53. The van der Waals surface area contributed by atoms with Crippen LogP contribution < -0.4 is 10.5 Å². The monoisotopic (exact) mass is 292 g/mol. The summed E-state index contributed by atoms with van der Waals surface area (Å²) in [5.74, 6) is 2.57. The first-order valence-corrected chi connectivity index (χ1v) is 7.51. The van der Waals surface area contributed by atoms with Gasteiger partial charge in [0.2, 0.25) is 0 Å². The third-order valence-electron chi connectivity index (χ3n) is 3.02. The average Bonchev–Trinajstić information content (AvgIpc) is 2.79. The summed E-state index contributed by atoms with van der Waals surface area (Å²) in [6, 6.07) is 6.23. The first kappa shape index (κ1) is 14.9. The minimum absolute atomic E-state index is 0.406. The van der Waals surface area contributed by atoms with E-state index in [-0.39, 0.29) is 0 Å². The van der Waals surface area contributed by atoms with Crippen LogP contribution in [0.25, 0.3) is 0 Å². The van der Waals surface area contributed by atoms with E-state index in [1.807, 2.05) is 11.6 Å². The van der Waals surface area contributed by atoms with Crippen LogP contribution in [0.15, 0.2) is 23.4 Å². The van der Waals surface area contributed by atoms with Gasteiger partial charge in [-0.2, -0.15) is 0 Å². The highest BCUT2D eigenvalue weighted by atomic mass is 32.2. The van der Waals surface area contributed by atoms with E-state index in [4.69, 9.17) is 10.5 Å². The number of thioether (sulfide) groups is 1. The first-order chi connectivity index (χ1) is 9.61. The molecule has 0 aliphatic heterocycles. The summed E-state index contributed by atoms with van der Waals surface area (Å²) in [4.78, 5) is 0. The Labute approximate surface area is 123 Å². The van der Waals surface area contributed by atoms with E-state index >= 15 is 0 Å². The summed E-state index contributed by atoms with van der Waals surface area (Å²) in [5, 5.41) is 9.00. The Balaban J connectivity index is 1.84. The average molecular weight is 292 g/mol. The van der Waals surface area contributed by atoms with Crippen molar-refractivity contribution in [3.8, 4) is 5.75 Å². The molecule has 20 heavy (non-hydrogen) atoms. The number of aromatic nitrogens is 3. The van der Waals surface area contributed by atoms with Gasteiger partial charge < -0.3 is 15.0 Å². The van der Waals surface area contributed by atoms with Crippen molar-refractivity contribution in [1.29, 1.82) is 0 Å². The van der Waals surface area contributed by atoms with E-state index < -0.39 is 0 Å². The number of hydrogen-bond donors (Lipinski definition) is 1. The zero-order valence-corrected chi connectivity index (χ0v) is 12.9. The molecule has 0 saturated carbocycles. The van der Waals surface area contributed by atoms with Gasteiger partial charge in [-0.3, -0.25) is 0 Å². The number of nitrogens with zero attached hydrogens (tertiary/aromatic N) is 3. The fourth-order valence-electron chi connectivity index (χ4n) is 1.80. The Hall–Kier alpha value is -1.53. The van der Waals surface area contributed by atoms with Crippen molar-refractivity contribution in [3.63, 3.8) is 0 Å². The molecular weight excluding hydrogens is 272 g/mol. The van der Waals surface area contributed by atoms with Gasteiger partial charge in [0.05, 0.1) is 13.2 Å². The van der Waals surface area contributed by atoms with Crippen molar-refractivity contribution in [2.45, 2.75) is 25.5 Å². The van der Waals surface area contributed by atoms with Crippen LogP contribution in [0.2, 0.25) is 0 Å². The van der Waals surface area contributed by atoms with Gasteiger partial charge >= 0.3 is 0 Å². The lowest BCUT2D eigenvalue weighted by atomic mass is 10.1. The number of benzene rings is 1. The molecule has 2 rings (SSSR count).